The van der Waals surface area contributed by atoms with Gasteiger partial charge >= 0.3 is 5.97 Å². The molecular weight excluding hydrogens is 438 g/mol. The van der Waals surface area contributed by atoms with Crippen molar-refractivity contribution in [2.75, 3.05) is 6.61 Å². The van der Waals surface area contributed by atoms with Crippen LogP contribution in [0.25, 0.3) is 16.9 Å². The van der Waals surface area contributed by atoms with E-state index in [4.69, 9.17) is 4.74 Å². The highest BCUT2D eigenvalue weighted by molar-refractivity contribution is 5.94. The highest BCUT2D eigenvalue weighted by atomic mass is 16.5. The first-order chi connectivity index (χ1) is 16.7. The van der Waals surface area contributed by atoms with Gasteiger partial charge in [-0.1, -0.05) is 45.0 Å². The lowest BCUT2D eigenvalue weighted by atomic mass is 9.70. The maximum atomic E-state index is 13.0. The van der Waals surface area contributed by atoms with Gasteiger partial charge in [-0.3, -0.25) is 4.79 Å². The molecule has 1 N–H and O–H groups in total. The van der Waals surface area contributed by atoms with Crippen LogP contribution in [0.3, 0.4) is 0 Å². The largest absolute Gasteiger partial charge is 0.461 e. The van der Waals surface area contributed by atoms with Crippen LogP contribution in [0.1, 0.15) is 73.4 Å². The number of esters is 1. The quantitative estimate of drug-likeness (QED) is 0.448. The number of nitrogens with zero attached hydrogens (tertiary/aromatic N) is 2. The van der Waals surface area contributed by atoms with Crippen molar-refractivity contribution in [1.82, 2.24) is 15.1 Å². The van der Waals surface area contributed by atoms with Crippen LogP contribution in [-0.2, 0) is 4.74 Å². The smallest absolute Gasteiger partial charge is 0.358 e. The zero-order chi connectivity index (χ0) is 25.2. The molecule has 0 bridgehead atoms. The molecule has 184 valence electrons. The van der Waals surface area contributed by atoms with Crippen LogP contribution in [0.4, 0.5) is 0 Å². The van der Waals surface area contributed by atoms with Gasteiger partial charge in [-0.2, -0.15) is 5.10 Å². The topological polar surface area (TPSA) is 73.2 Å². The molecule has 1 aromatic heterocycles. The van der Waals surface area contributed by atoms with Gasteiger partial charge in [-0.05, 0) is 80.3 Å². The molecule has 2 atom stereocenters. The molecule has 1 amide bonds. The number of carbonyl (C=O) groups is 2. The first kappa shape index (κ1) is 24.7. The standard InChI is InChI=1S/C29H35N3O3/c1-6-35-28(34)25-16-26(24-10-8-7-9-20(24)3)32(31-25)23-13-11-21(12-14-23)27(33)30-22-15-19(2)17-29(4,5)18-22/h7-14,16,19,22H,6,15,17-18H2,1-5H3,(H,30,33)/t19-,22+/m0/s1. The number of carbonyl (C=O) groups excluding carboxylic acids is 2. The van der Waals surface area contributed by atoms with Gasteiger partial charge in [0.2, 0.25) is 0 Å². The zero-order valence-electron chi connectivity index (χ0n) is 21.3. The van der Waals surface area contributed by atoms with Gasteiger partial charge in [-0.25, -0.2) is 9.48 Å². The van der Waals surface area contributed by atoms with Crippen LogP contribution < -0.4 is 5.32 Å². The summed E-state index contributed by atoms with van der Waals surface area (Å²) >= 11 is 0. The van der Waals surface area contributed by atoms with Crippen molar-refractivity contribution < 1.29 is 14.3 Å². The van der Waals surface area contributed by atoms with E-state index in [9.17, 15) is 9.59 Å². The Kier molecular flexibility index (Phi) is 7.10. The molecule has 2 aromatic carbocycles. The Balaban J connectivity index is 1.60. The van der Waals surface area contributed by atoms with E-state index in [1.54, 1.807) is 17.7 Å². The second kappa shape index (κ2) is 10.1. The number of benzene rings is 2. The summed E-state index contributed by atoms with van der Waals surface area (Å²) in [5.41, 5.74) is 4.71. The van der Waals surface area contributed by atoms with Crippen LogP contribution in [-0.4, -0.2) is 34.3 Å². The van der Waals surface area contributed by atoms with Crippen molar-refractivity contribution in [2.24, 2.45) is 11.3 Å². The van der Waals surface area contributed by atoms with Crippen molar-refractivity contribution in [3.05, 3.63) is 71.4 Å². The summed E-state index contributed by atoms with van der Waals surface area (Å²) in [4.78, 5) is 25.4. The van der Waals surface area contributed by atoms with Gasteiger partial charge in [0.1, 0.15) is 0 Å². The first-order valence-corrected chi connectivity index (χ1v) is 12.4. The van der Waals surface area contributed by atoms with Crippen LogP contribution in [0, 0.1) is 18.3 Å². The average Bonchev–Trinajstić information content (AvgIpc) is 3.23. The summed E-state index contributed by atoms with van der Waals surface area (Å²) in [7, 11) is 0. The van der Waals surface area contributed by atoms with E-state index in [-0.39, 0.29) is 29.7 Å². The van der Waals surface area contributed by atoms with Crippen LogP contribution in [0.5, 0.6) is 0 Å². The fourth-order valence-corrected chi connectivity index (χ4v) is 5.41. The zero-order valence-corrected chi connectivity index (χ0v) is 21.3. The molecule has 1 saturated carbocycles. The Bertz CT molecular complexity index is 1210. The molecule has 1 heterocycles. The molecule has 0 spiro atoms. The molecule has 6 heteroatoms. The third kappa shape index (κ3) is 5.64. The molecule has 3 aromatic rings. The molecule has 0 radical (unpaired) electrons. The van der Waals surface area contributed by atoms with E-state index in [1.165, 1.54) is 6.42 Å². The van der Waals surface area contributed by atoms with Crippen molar-refractivity contribution in [1.29, 1.82) is 0 Å². The monoisotopic (exact) mass is 473 g/mol. The number of hydrogen-bond donors (Lipinski definition) is 1. The lowest BCUT2D eigenvalue weighted by Gasteiger charge is -2.39. The van der Waals surface area contributed by atoms with Gasteiger partial charge in [0.05, 0.1) is 18.0 Å². The van der Waals surface area contributed by atoms with Crippen molar-refractivity contribution in [3.63, 3.8) is 0 Å². The van der Waals surface area contributed by atoms with Crippen LogP contribution in [0.2, 0.25) is 0 Å². The number of aromatic nitrogens is 2. The molecule has 0 saturated heterocycles. The SMILES string of the molecule is CCOC(=O)c1cc(-c2ccccc2C)n(-c2ccc(C(=O)N[C@@H]3C[C@H](C)CC(C)(C)C3)cc2)n1. The first-order valence-electron chi connectivity index (χ1n) is 12.4. The van der Waals surface area contributed by atoms with Gasteiger partial charge in [0, 0.05) is 17.2 Å². The molecule has 6 nitrogen and oxygen atoms in total. The normalized spacial score (nSPS) is 19.2. The van der Waals surface area contributed by atoms with Gasteiger partial charge in [-0.15, -0.1) is 0 Å². The van der Waals surface area contributed by atoms with E-state index < -0.39 is 5.97 Å². The minimum absolute atomic E-state index is 0.0572. The lowest BCUT2D eigenvalue weighted by molar-refractivity contribution is 0.0518. The fraction of sp³-hybridized carbons (Fsp3) is 0.414. The van der Waals surface area contributed by atoms with Gasteiger partial charge < -0.3 is 10.1 Å². The third-order valence-corrected chi connectivity index (χ3v) is 6.71. The molecule has 1 aliphatic carbocycles. The van der Waals surface area contributed by atoms with Crippen molar-refractivity contribution in [3.8, 4) is 16.9 Å². The summed E-state index contributed by atoms with van der Waals surface area (Å²) < 4.78 is 6.91. The number of nitrogens with one attached hydrogen (secondary N) is 1. The lowest BCUT2D eigenvalue weighted by Crippen LogP contribution is -2.42. The maximum absolute atomic E-state index is 13.0. The Hall–Kier alpha value is -3.41. The second-order valence-electron chi connectivity index (χ2n) is 10.5. The summed E-state index contributed by atoms with van der Waals surface area (Å²) in [6, 6.07) is 17.3. The highest BCUT2D eigenvalue weighted by Crippen LogP contribution is 2.38. The maximum Gasteiger partial charge on any atom is 0.358 e. The predicted molar refractivity (Wildman–Crippen MR) is 138 cm³/mol. The number of amides is 1. The van der Waals surface area contributed by atoms with E-state index in [1.807, 2.05) is 55.5 Å². The molecule has 0 unspecified atom stereocenters. The minimum Gasteiger partial charge on any atom is -0.461 e. The highest BCUT2D eigenvalue weighted by Gasteiger charge is 2.32. The van der Waals surface area contributed by atoms with Crippen LogP contribution in [0.15, 0.2) is 54.6 Å². The number of rotatable bonds is 6. The Morgan fingerprint density at radius 2 is 1.83 bits per heavy atom. The molecule has 1 fully saturated rings. The van der Waals surface area contributed by atoms with E-state index in [0.717, 1.165) is 35.3 Å². The van der Waals surface area contributed by atoms with Crippen molar-refractivity contribution >= 4 is 11.9 Å². The van der Waals surface area contributed by atoms with Crippen LogP contribution >= 0.6 is 0 Å². The molecule has 4 rings (SSSR count). The number of ether oxygens (including phenoxy) is 1. The van der Waals surface area contributed by atoms with Crippen molar-refractivity contribution in [2.45, 2.75) is 59.9 Å². The molecular formula is C29H35N3O3. The molecule has 0 aliphatic heterocycles. The summed E-state index contributed by atoms with van der Waals surface area (Å²) in [5, 5.41) is 7.79. The summed E-state index contributed by atoms with van der Waals surface area (Å²) in [6.45, 7) is 10.9. The molecule has 1 aliphatic rings. The average molecular weight is 474 g/mol. The van der Waals surface area contributed by atoms with E-state index in [0.29, 0.717) is 11.5 Å². The molecule has 35 heavy (non-hydrogen) atoms. The van der Waals surface area contributed by atoms with E-state index >= 15 is 0 Å². The predicted octanol–water partition coefficient (Wildman–Crippen LogP) is 5.97. The van der Waals surface area contributed by atoms with Gasteiger partial charge in [0.15, 0.2) is 5.69 Å². The third-order valence-electron chi connectivity index (χ3n) is 6.71. The summed E-state index contributed by atoms with van der Waals surface area (Å²) in [6.07, 6.45) is 3.19. The number of aryl methyl sites for hydroxylation is 1. The minimum atomic E-state index is -0.457. The Morgan fingerprint density at radius 3 is 2.49 bits per heavy atom. The van der Waals surface area contributed by atoms with Gasteiger partial charge in [0.25, 0.3) is 5.91 Å². The Labute approximate surface area is 207 Å². The Morgan fingerprint density at radius 1 is 1.11 bits per heavy atom. The second-order valence-corrected chi connectivity index (χ2v) is 10.5. The van der Waals surface area contributed by atoms with E-state index in [2.05, 4.69) is 31.2 Å². The number of hydrogen-bond acceptors (Lipinski definition) is 4. The summed E-state index contributed by atoms with van der Waals surface area (Å²) in [5.74, 6) is 0.0830. The fourth-order valence-electron chi connectivity index (χ4n) is 5.41.